The van der Waals surface area contributed by atoms with Crippen LogP contribution in [0.3, 0.4) is 0 Å². The van der Waals surface area contributed by atoms with Crippen LogP contribution in [-0.2, 0) is 25.9 Å². The number of halogens is 1. The van der Waals surface area contributed by atoms with Crippen molar-refractivity contribution < 1.29 is 4.92 Å². The summed E-state index contributed by atoms with van der Waals surface area (Å²) < 4.78 is 2.83. The number of rotatable bonds is 5. The molecule has 1 aromatic carbocycles. The van der Waals surface area contributed by atoms with Crippen LogP contribution in [0.4, 0.5) is 11.4 Å². The number of nitro groups is 1. The molecule has 0 atom stereocenters. The lowest BCUT2D eigenvalue weighted by Crippen LogP contribution is -2.32. The first-order valence-corrected chi connectivity index (χ1v) is 9.52. The van der Waals surface area contributed by atoms with Gasteiger partial charge in [-0.1, -0.05) is 30.3 Å². The van der Waals surface area contributed by atoms with Crippen LogP contribution in [0.2, 0.25) is 0 Å². The first-order chi connectivity index (χ1) is 13.1. The second kappa shape index (κ2) is 7.48. The highest BCUT2D eigenvalue weighted by molar-refractivity contribution is 9.10. The summed E-state index contributed by atoms with van der Waals surface area (Å²) in [6, 6.07) is 10.4. The quantitative estimate of drug-likeness (QED) is 0.457. The highest BCUT2D eigenvalue weighted by atomic mass is 79.9. The predicted octanol–water partition coefficient (Wildman–Crippen LogP) is 3.75. The molecule has 0 saturated carbocycles. The molecule has 0 fully saturated rings. The van der Waals surface area contributed by atoms with Crippen LogP contribution in [0.15, 0.2) is 53.5 Å². The second-order valence-corrected chi connectivity index (χ2v) is 7.34. The molecule has 0 bridgehead atoms. The third kappa shape index (κ3) is 3.57. The van der Waals surface area contributed by atoms with E-state index in [1.165, 1.54) is 17.5 Å². The number of benzene rings is 1. The molecule has 0 unspecified atom stereocenters. The lowest BCUT2D eigenvalue weighted by Gasteiger charge is -2.29. The summed E-state index contributed by atoms with van der Waals surface area (Å²) in [6.45, 7) is 2.13. The molecule has 2 aromatic heterocycles. The van der Waals surface area contributed by atoms with Crippen molar-refractivity contribution in [2.45, 2.75) is 25.9 Å². The first kappa shape index (κ1) is 17.7. The molecule has 3 aromatic rings. The van der Waals surface area contributed by atoms with Crippen molar-refractivity contribution in [3.8, 4) is 0 Å². The topological polar surface area (TPSA) is 77.1 Å². The average molecular weight is 428 g/mol. The predicted molar refractivity (Wildman–Crippen MR) is 106 cm³/mol. The number of aromatic nitrogens is 3. The van der Waals surface area contributed by atoms with Gasteiger partial charge in [-0.05, 0) is 27.9 Å². The van der Waals surface area contributed by atoms with Gasteiger partial charge in [0.05, 0.1) is 28.0 Å². The Kier molecular flexibility index (Phi) is 4.89. The zero-order valence-electron chi connectivity index (χ0n) is 14.6. The Hall–Kier alpha value is -2.74. The van der Waals surface area contributed by atoms with Gasteiger partial charge in [-0.3, -0.25) is 15.1 Å². The number of fused-ring (bicyclic) bond motifs is 1. The Morgan fingerprint density at radius 1 is 1.22 bits per heavy atom. The molecule has 4 rings (SSSR count). The van der Waals surface area contributed by atoms with Gasteiger partial charge in [0.2, 0.25) is 0 Å². The van der Waals surface area contributed by atoms with Gasteiger partial charge in [0.15, 0.2) is 0 Å². The summed E-state index contributed by atoms with van der Waals surface area (Å²) in [5.74, 6) is 0. The van der Waals surface area contributed by atoms with E-state index >= 15 is 0 Å². The molecule has 1 aliphatic heterocycles. The van der Waals surface area contributed by atoms with Crippen molar-refractivity contribution in [1.82, 2.24) is 14.5 Å². The average Bonchev–Trinajstić information content (AvgIpc) is 3.09. The number of imidazole rings is 1. The number of pyridine rings is 1. The molecule has 138 valence electrons. The van der Waals surface area contributed by atoms with E-state index in [-0.39, 0.29) is 10.6 Å². The van der Waals surface area contributed by atoms with Gasteiger partial charge in [-0.2, -0.15) is 0 Å². The van der Waals surface area contributed by atoms with Crippen molar-refractivity contribution in [2.75, 3.05) is 11.4 Å². The fraction of sp³-hybridized carbons (Fsp3) is 0.263. The van der Waals surface area contributed by atoms with Crippen LogP contribution >= 0.6 is 15.9 Å². The van der Waals surface area contributed by atoms with E-state index in [0.29, 0.717) is 23.2 Å². The summed E-state index contributed by atoms with van der Waals surface area (Å²) >= 11 is 3.41. The summed E-state index contributed by atoms with van der Waals surface area (Å²) in [5.41, 5.74) is 4.08. The lowest BCUT2D eigenvalue weighted by atomic mass is 10.1. The van der Waals surface area contributed by atoms with E-state index in [1.807, 2.05) is 17.3 Å². The summed E-state index contributed by atoms with van der Waals surface area (Å²) in [4.78, 5) is 21.5. The Bertz CT molecular complexity index is 973. The fourth-order valence-corrected chi connectivity index (χ4v) is 4.08. The summed E-state index contributed by atoms with van der Waals surface area (Å²) in [7, 11) is 0. The number of anilines is 1. The molecule has 27 heavy (non-hydrogen) atoms. The van der Waals surface area contributed by atoms with Gasteiger partial charge in [0.25, 0.3) is 0 Å². The number of aryl methyl sites for hydroxylation is 2. The summed E-state index contributed by atoms with van der Waals surface area (Å²) in [5, 5.41) is 11.4. The minimum absolute atomic E-state index is 0.0105. The van der Waals surface area contributed by atoms with E-state index in [9.17, 15) is 10.1 Å². The van der Waals surface area contributed by atoms with Crippen LogP contribution in [0.5, 0.6) is 0 Å². The normalized spacial score (nSPS) is 13.4. The molecule has 0 radical (unpaired) electrons. The van der Waals surface area contributed by atoms with E-state index in [4.69, 9.17) is 0 Å². The molecule has 1 aliphatic rings. The Balaban J connectivity index is 1.54. The fourth-order valence-electron chi connectivity index (χ4n) is 3.51. The van der Waals surface area contributed by atoms with Gasteiger partial charge in [-0.15, -0.1) is 0 Å². The van der Waals surface area contributed by atoms with E-state index in [0.717, 1.165) is 25.1 Å². The van der Waals surface area contributed by atoms with Gasteiger partial charge in [-0.25, -0.2) is 4.98 Å². The minimum atomic E-state index is -0.388. The van der Waals surface area contributed by atoms with Crippen LogP contribution < -0.4 is 4.90 Å². The third-order valence-corrected chi connectivity index (χ3v) is 5.42. The van der Waals surface area contributed by atoms with Crippen molar-refractivity contribution in [1.29, 1.82) is 0 Å². The monoisotopic (exact) mass is 427 g/mol. The minimum Gasteiger partial charge on any atom is -0.359 e. The molecule has 0 saturated heterocycles. The molecule has 0 aliphatic carbocycles. The molecule has 3 heterocycles. The smallest absolute Gasteiger partial charge is 0.311 e. The van der Waals surface area contributed by atoms with Gasteiger partial charge < -0.3 is 9.47 Å². The SMILES string of the molecule is O=[N+]([O-])c1cncc(Br)c1N1CCc2c(ncn2CCc2ccccc2)C1. The highest BCUT2D eigenvalue weighted by Crippen LogP contribution is 2.37. The standard InChI is InChI=1S/C19H18BrN5O2/c20-15-10-21-11-18(25(26)27)19(15)23-9-7-17-16(12-23)22-13-24(17)8-6-14-4-2-1-3-5-14/h1-5,10-11,13H,6-9,12H2. The molecule has 0 spiro atoms. The van der Waals surface area contributed by atoms with Crippen LogP contribution in [0, 0.1) is 10.1 Å². The molecule has 0 amide bonds. The third-order valence-electron chi connectivity index (χ3n) is 4.84. The van der Waals surface area contributed by atoms with Gasteiger partial charge in [0, 0.05) is 31.4 Å². The number of nitrogens with zero attached hydrogens (tertiary/aromatic N) is 5. The maximum absolute atomic E-state index is 11.4. The van der Waals surface area contributed by atoms with Crippen molar-refractivity contribution in [3.63, 3.8) is 0 Å². The van der Waals surface area contributed by atoms with E-state index in [1.54, 1.807) is 6.20 Å². The van der Waals surface area contributed by atoms with Crippen molar-refractivity contribution in [2.24, 2.45) is 0 Å². The first-order valence-electron chi connectivity index (χ1n) is 8.73. The second-order valence-electron chi connectivity index (χ2n) is 6.48. The number of hydrogen-bond acceptors (Lipinski definition) is 5. The van der Waals surface area contributed by atoms with Crippen molar-refractivity contribution in [3.05, 3.63) is 80.6 Å². The summed E-state index contributed by atoms with van der Waals surface area (Å²) in [6.07, 6.45) is 6.53. The number of hydrogen-bond donors (Lipinski definition) is 0. The Labute approximate surface area is 165 Å². The van der Waals surface area contributed by atoms with E-state index < -0.39 is 0 Å². The molecule has 7 nitrogen and oxygen atoms in total. The zero-order chi connectivity index (χ0) is 18.8. The molecular weight excluding hydrogens is 410 g/mol. The highest BCUT2D eigenvalue weighted by Gasteiger charge is 2.28. The lowest BCUT2D eigenvalue weighted by molar-refractivity contribution is -0.384. The van der Waals surface area contributed by atoms with Gasteiger partial charge >= 0.3 is 5.69 Å². The Morgan fingerprint density at radius 3 is 2.81 bits per heavy atom. The van der Waals surface area contributed by atoms with Crippen LogP contribution in [-0.4, -0.2) is 26.0 Å². The van der Waals surface area contributed by atoms with Crippen LogP contribution in [0.25, 0.3) is 0 Å². The Morgan fingerprint density at radius 2 is 2.04 bits per heavy atom. The van der Waals surface area contributed by atoms with Crippen LogP contribution in [0.1, 0.15) is 17.0 Å². The van der Waals surface area contributed by atoms with Gasteiger partial charge in [0.1, 0.15) is 11.9 Å². The van der Waals surface area contributed by atoms with Crippen molar-refractivity contribution >= 4 is 27.3 Å². The zero-order valence-corrected chi connectivity index (χ0v) is 16.2. The van der Waals surface area contributed by atoms with E-state index in [2.05, 4.69) is 54.7 Å². The molecule has 0 N–H and O–H groups in total. The molecular formula is C19H18BrN5O2. The maximum Gasteiger partial charge on any atom is 0.311 e. The molecule has 8 heteroatoms. The maximum atomic E-state index is 11.4. The largest absolute Gasteiger partial charge is 0.359 e.